The standard InChI is InChI=1S/C23H14ClF12NO2/c24-15-6-11(7-17(26)20(15)27)13(22(31,32)33)8-16(25)10-1-2-12(14(5-10)23(34,35)36)18(38)3-4-19(39)37-9-21(28,29)30/h1-2,5-8,13H,3-4,9H2,(H,37,39)/b16-8-. The fourth-order valence-corrected chi connectivity index (χ4v) is 3.41. The Balaban J connectivity index is 2.41. The molecule has 39 heavy (non-hydrogen) atoms. The van der Waals surface area contributed by atoms with Gasteiger partial charge in [-0.1, -0.05) is 23.7 Å². The largest absolute Gasteiger partial charge is 0.417 e. The summed E-state index contributed by atoms with van der Waals surface area (Å²) < 4.78 is 160. The Kier molecular flexibility index (Phi) is 9.74. The molecular weight excluding hydrogens is 586 g/mol. The second-order valence-electron chi connectivity index (χ2n) is 7.91. The number of allylic oxidation sites excluding steroid dienone is 1. The molecule has 1 atom stereocenters. The zero-order valence-corrected chi connectivity index (χ0v) is 19.6. The summed E-state index contributed by atoms with van der Waals surface area (Å²) in [5, 5.41) is 0.345. The summed E-state index contributed by atoms with van der Waals surface area (Å²) in [5.74, 6) is -11.0. The number of ketones is 1. The van der Waals surface area contributed by atoms with Crippen LogP contribution in [-0.2, 0) is 11.0 Å². The highest BCUT2D eigenvalue weighted by Crippen LogP contribution is 2.41. The number of rotatable bonds is 8. The highest BCUT2D eigenvalue weighted by Gasteiger charge is 2.41. The minimum Gasteiger partial charge on any atom is -0.347 e. The highest BCUT2D eigenvalue weighted by molar-refractivity contribution is 6.30. The van der Waals surface area contributed by atoms with Gasteiger partial charge < -0.3 is 5.32 Å². The maximum absolute atomic E-state index is 14.8. The van der Waals surface area contributed by atoms with Crippen LogP contribution in [0.5, 0.6) is 0 Å². The number of Topliss-reactive ketones (excluding diaryl/α,β-unsaturated/α-hetero) is 1. The number of hydrogen-bond acceptors (Lipinski definition) is 2. The molecular formula is C23H14ClF12NO2. The number of alkyl halides is 9. The van der Waals surface area contributed by atoms with E-state index in [-0.39, 0.29) is 18.2 Å². The van der Waals surface area contributed by atoms with E-state index in [0.717, 1.165) is 0 Å². The number of carbonyl (C=O) groups excluding carboxylic acids is 2. The van der Waals surface area contributed by atoms with Crippen LogP contribution in [0.3, 0.4) is 0 Å². The number of nitrogens with one attached hydrogen (secondary N) is 1. The van der Waals surface area contributed by atoms with Crippen LogP contribution in [0.25, 0.3) is 5.83 Å². The van der Waals surface area contributed by atoms with Crippen molar-refractivity contribution in [3.05, 3.63) is 75.3 Å². The number of carbonyl (C=O) groups is 2. The lowest BCUT2D eigenvalue weighted by Crippen LogP contribution is -2.33. The topological polar surface area (TPSA) is 46.2 Å². The normalized spacial score (nSPS) is 13.8. The van der Waals surface area contributed by atoms with Crippen molar-refractivity contribution in [3.63, 3.8) is 0 Å². The van der Waals surface area contributed by atoms with E-state index in [9.17, 15) is 62.3 Å². The Morgan fingerprint density at radius 3 is 2.05 bits per heavy atom. The molecule has 0 saturated carbocycles. The first kappa shape index (κ1) is 32.0. The van der Waals surface area contributed by atoms with Gasteiger partial charge in [-0.15, -0.1) is 0 Å². The van der Waals surface area contributed by atoms with Gasteiger partial charge in [-0.25, -0.2) is 13.2 Å². The molecule has 0 aliphatic rings. The van der Waals surface area contributed by atoms with E-state index in [4.69, 9.17) is 11.6 Å². The van der Waals surface area contributed by atoms with E-state index in [1.54, 1.807) is 0 Å². The first-order valence-electron chi connectivity index (χ1n) is 10.4. The molecule has 2 aromatic carbocycles. The van der Waals surface area contributed by atoms with Crippen LogP contribution < -0.4 is 5.32 Å². The molecule has 0 aromatic heterocycles. The Hall–Kier alpha value is -3.23. The molecule has 1 unspecified atom stereocenters. The average molecular weight is 600 g/mol. The second-order valence-corrected chi connectivity index (χ2v) is 8.31. The highest BCUT2D eigenvalue weighted by atomic mass is 35.5. The summed E-state index contributed by atoms with van der Waals surface area (Å²) in [5.41, 5.74) is -5.07. The Labute approximate surface area is 216 Å². The van der Waals surface area contributed by atoms with Gasteiger partial charge in [0.1, 0.15) is 18.3 Å². The molecule has 0 spiro atoms. The van der Waals surface area contributed by atoms with Crippen molar-refractivity contribution >= 4 is 29.1 Å². The smallest absolute Gasteiger partial charge is 0.347 e. The summed E-state index contributed by atoms with van der Waals surface area (Å²) in [6.07, 6.45) is -17.6. The Morgan fingerprint density at radius 2 is 1.54 bits per heavy atom. The molecule has 0 radical (unpaired) electrons. The molecule has 214 valence electrons. The zero-order valence-electron chi connectivity index (χ0n) is 18.9. The van der Waals surface area contributed by atoms with E-state index in [1.165, 1.54) is 5.32 Å². The second kappa shape index (κ2) is 11.9. The van der Waals surface area contributed by atoms with Gasteiger partial charge in [0, 0.05) is 24.0 Å². The van der Waals surface area contributed by atoms with Crippen molar-refractivity contribution in [1.82, 2.24) is 5.32 Å². The number of hydrogen-bond donors (Lipinski definition) is 1. The van der Waals surface area contributed by atoms with E-state index >= 15 is 0 Å². The van der Waals surface area contributed by atoms with Crippen molar-refractivity contribution in [2.24, 2.45) is 0 Å². The minimum atomic E-state index is -5.35. The van der Waals surface area contributed by atoms with Gasteiger partial charge >= 0.3 is 18.5 Å². The SMILES string of the molecule is O=C(CCC(=O)c1ccc(/C(F)=C/C(c2cc(F)c(F)c(Cl)c2)C(F)(F)F)cc1C(F)(F)F)NCC(F)(F)F. The molecule has 2 aromatic rings. The van der Waals surface area contributed by atoms with Gasteiger partial charge in [0.2, 0.25) is 5.91 Å². The summed E-state index contributed by atoms with van der Waals surface area (Å²) in [6.45, 7) is -1.75. The number of amides is 1. The molecule has 0 aliphatic carbocycles. The third-order valence-corrected chi connectivity index (χ3v) is 5.27. The molecule has 0 aliphatic heterocycles. The van der Waals surface area contributed by atoms with E-state index in [0.29, 0.717) is 18.2 Å². The molecule has 0 heterocycles. The van der Waals surface area contributed by atoms with Gasteiger partial charge in [-0.3, -0.25) is 9.59 Å². The van der Waals surface area contributed by atoms with Crippen LogP contribution >= 0.6 is 11.6 Å². The molecule has 0 saturated heterocycles. The van der Waals surface area contributed by atoms with Crippen LogP contribution in [0.15, 0.2) is 36.4 Å². The van der Waals surface area contributed by atoms with Crippen molar-refractivity contribution in [3.8, 4) is 0 Å². The maximum atomic E-state index is 14.8. The lowest BCUT2D eigenvalue weighted by Gasteiger charge is -2.19. The third kappa shape index (κ3) is 8.90. The van der Waals surface area contributed by atoms with Gasteiger partial charge in [-0.2, -0.15) is 39.5 Å². The summed E-state index contributed by atoms with van der Waals surface area (Å²) in [4.78, 5) is 23.7. The Bertz CT molecular complexity index is 1240. The lowest BCUT2D eigenvalue weighted by atomic mass is 9.94. The van der Waals surface area contributed by atoms with Crippen LogP contribution in [0.1, 0.15) is 45.8 Å². The van der Waals surface area contributed by atoms with E-state index in [1.807, 2.05) is 0 Å². The van der Waals surface area contributed by atoms with E-state index in [2.05, 4.69) is 0 Å². The summed E-state index contributed by atoms with van der Waals surface area (Å²) in [7, 11) is 0. The van der Waals surface area contributed by atoms with Crippen LogP contribution in [0.4, 0.5) is 52.7 Å². The fourth-order valence-electron chi connectivity index (χ4n) is 3.20. The molecule has 1 amide bonds. The first-order valence-corrected chi connectivity index (χ1v) is 10.7. The van der Waals surface area contributed by atoms with Gasteiger partial charge in [-0.05, 0) is 29.8 Å². The monoisotopic (exact) mass is 599 g/mol. The van der Waals surface area contributed by atoms with Crippen molar-refractivity contribution in [2.45, 2.75) is 37.3 Å². The molecule has 3 nitrogen and oxygen atoms in total. The average Bonchev–Trinajstić information content (AvgIpc) is 2.80. The molecule has 0 fully saturated rings. The molecule has 2 rings (SSSR count). The third-order valence-electron chi connectivity index (χ3n) is 5.00. The van der Waals surface area contributed by atoms with Crippen LogP contribution in [0, 0.1) is 11.6 Å². The predicted octanol–water partition coefficient (Wildman–Crippen LogP) is 7.93. The van der Waals surface area contributed by atoms with Gasteiger partial charge in [0.15, 0.2) is 17.4 Å². The predicted molar refractivity (Wildman–Crippen MR) is 113 cm³/mol. The van der Waals surface area contributed by atoms with Crippen molar-refractivity contribution < 1.29 is 62.3 Å². The van der Waals surface area contributed by atoms with Gasteiger partial charge in [0.25, 0.3) is 0 Å². The van der Waals surface area contributed by atoms with Crippen molar-refractivity contribution in [2.75, 3.05) is 6.54 Å². The maximum Gasteiger partial charge on any atom is 0.417 e. The summed E-state index contributed by atoms with van der Waals surface area (Å²) in [6, 6.07) is 1.38. The fraction of sp³-hybridized carbons (Fsp3) is 0.304. The first-order chi connectivity index (χ1) is 17.7. The van der Waals surface area contributed by atoms with Crippen LogP contribution in [0.2, 0.25) is 5.02 Å². The van der Waals surface area contributed by atoms with Crippen LogP contribution in [-0.4, -0.2) is 30.6 Å². The van der Waals surface area contributed by atoms with E-state index < -0.39 is 100 Å². The molecule has 1 N–H and O–H groups in total. The van der Waals surface area contributed by atoms with Gasteiger partial charge in [0.05, 0.1) is 10.6 Å². The lowest BCUT2D eigenvalue weighted by molar-refractivity contribution is -0.140. The quantitative estimate of drug-likeness (QED) is 0.190. The molecule has 0 bridgehead atoms. The Morgan fingerprint density at radius 1 is 0.923 bits per heavy atom. The minimum absolute atomic E-state index is 0.00838. The number of halogens is 13. The number of benzene rings is 2. The summed E-state index contributed by atoms with van der Waals surface area (Å²) >= 11 is 5.34. The zero-order chi connectivity index (χ0) is 29.9. The molecule has 16 heteroatoms. The van der Waals surface area contributed by atoms with Crippen molar-refractivity contribution in [1.29, 1.82) is 0 Å².